The van der Waals surface area contributed by atoms with Crippen molar-refractivity contribution in [1.82, 2.24) is 19.3 Å². The highest BCUT2D eigenvalue weighted by atomic mass is 32.1. The quantitative estimate of drug-likeness (QED) is 0.553. The van der Waals surface area contributed by atoms with Crippen molar-refractivity contribution in [3.8, 4) is 17.3 Å². The minimum absolute atomic E-state index is 0.0490. The largest absolute Gasteiger partial charge is 0.489 e. The number of ether oxygens (including phenoxy) is 1. The predicted molar refractivity (Wildman–Crippen MR) is 110 cm³/mol. The van der Waals surface area contributed by atoms with Gasteiger partial charge in [-0.25, -0.2) is 18.7 Å². The molecule has 30 heavy (non-hydrogen) atoms. The van der Waals surface area contributed by atoms with E-state index in [0.717, 1.165) is 6.20 Å². The number of amides is 1. The Labute approximate surface area is 176 Å². The average molecular weight is 433 g/mol. The van der Waals surface area contributed by atoms with Crippen LogP contribution >= 0.6 is 11.5 Å². The lowest BCUT2D eigenvalue weighted by atomic mass is 10.1. The van der Waals surface area contributed by atoms with Crippen molar-refractivity contribution in [2.45, 2.75) is 39.7 Å². The summed E-state index contributed by atoms with van der Waals surface area (Å²) < 4.78 is 36.1. The molecule has 10 heteroatoms. The molecule has 158 valence electrons. The monoisotopic (exact) mass is 433 g/mol. The summed E-state index contributed by atoms with van der Waals surface area (Å²) in [5, 5.41) is 0.629. The first kappa shape index (κ1) is 21.7. The molecule has 0 unspecified atom stereocenters. The number of nitrogens with zero attached hydrogens (tertiary/aromatic N) is 5. The number of alkyl halides is 2. The number of anilines is 1. The van der Waals surface area contributed by atoms with Crippen molar-refractivity contribution < 1.29 is 18.3 Å². The van der Waals surface area contributed by atoms with Crippen LogP contribution < -0.4 is 9.64 Å². The molecule has 0 atom stereocenters. The number of carbonyl (C=O) groups excluding carboxylic acids is 1. The summed E-state index contributed by atoms with van der Waals surface area (Å²) >= 11 is 1.17. The van der Waals surface area contributed by atoms with Crippen molar-refractivity contribution >= 4 is 23.1 Å². The van der Waals surface area contributed by atoms with E-state index in [1.165, 1.54) is 36.5 Å². The molecule has 0 aliphatic carbocycles. The van der Waals surface area contributed by atoms with E-state index in [2.05, 4.69) is 19.3 Å². The van der Waals surface area contributed by atoms with Gasteiger partial charge in [-0.3, -0.25) is 9.78 Å². The summed E-state index contributed by atoms with van der Waals surface area (Å²) in [5.41, 5.74) is 1.14. The van der Waals surface area contributed by atoms with E-state index < -0.39 is 6.43 Å². The van der Waals surface area contributed by atoms with Crippen LogP contribution in [0, 0.1) is 0 Å². The molecular weight excluding hydrogens is 412 g/mol. The zero-order chi connectivity index (χ0) is 21.8. The number of rotatable bonds is 7. The van der Waals surface area contributed by atoms with E-state index in [1.807, 2.05) is 13.8 Å². The molecule has 0 fully saturated rings. The number of hydrogen-bond acceptors (Lipinski definition) is 7. The van der Waals surface area contributed by atoms with Gasteiger partial charge in [0.25, 0.3) is 6.43 Å². The molecule has 0 aromatic carbocycles. The zero-order valence-electron chi connectivity index (χ0n) is 17.0. The normalized spacial score (nSPS) is 11.2. The molecule has 0 spiro atoms. The van der Waals surface area contributed by atoms with Crippen molar-refractivity contribution in [2.75, 3.05) is 11.9 Å². The standard InChI is InChI=1S/C20H21F2N5O2S/c1-11(2)29-14-5-6-15(24-10-14)20-25-18(30-26-20)8-16-17(27(4)12(3)28)7-13(9-23-16)19(21)22/h5-7,9-11,19H,8H2,1-4H3. The number of pyridine rings is 2. The van der Waals surface area contributed by atoms with Gasteiger partial charge in [-0.05, 0) is 43.6 Å². The summed E-state index contributed by atoms with van der Waals surface area (Å²) in [6.45, 7) is 5.23. The average Bonchev–Trinajstić information content (AvgIpc) is 3.16. The molecule has 0 aliphatic rings. The van der Waals surface area contributed by atoms with E-state index in [1.54, 1.807) is 18.3 Å². The van der Waals surface area contributed by atoms with Crippen LogP contribution in [0.3, 0.4) is 0 Å². The molecule has 3 heterocycles. The Morgan fingerprint density at radius 2 is 2.00 bits per heavy atom. The topological polar surface area (TPSA) is 81.1 Å². The first-order valence-corrected chi connectivity index (χ1v) is 9.99. The third-order valence-electron chi connectivity index (χ3n) is 4.18. The fourth-order valence-corrected chi connectivity index (χ4v) is 3.30. The summed E-state index contributed by atoms with van der Waals surface area (Å²) in [4.78, 5) is 26.0. The Balaban J connectivity index is 1.84. The van der Waals surface area contributed by atoms with Crippen molar-refractivity contribution in [3.63, 3.8) is 0 Å². The van der Waals surface area contributed by atoms with E-state index in [0.29, 0.717) is 33.7 Å². The van der Waals surface area contributed by atoms with Crippen molar-refractivity contribution in [1.29, 1.82) is 0 Å². The second-order valence-electron chi connectivity index (χ2n) is 6.85. The maximum atomic E-state index is 13.1. The van der Waals surface area contributed by atoms with Crippen LogP contribution in [-0.2, 0) is 11.2 Å². The number of carbonyl (C=O) groups is 1. The molecule has 0 bridgehead atoms. The molecule has 0 saturated carbocycles. The summed E-state index contributed by atoms with van der Waals surface area (Å²) in [6.07, 6.45) is 0.359. The molecule has 0 N–H and O–H groups in total. The Bertz CT molecular complexity index is 1020. The number of halogens is 2. The lowest BCUT2D eigenvalue weighted by Gasteiger charge is -2.19. The molecule has 1 amide bonds. The summed E-state index contributed by atoms with van der Waals surface area (Å²) in [5.74, 6) is 0.830. The summed E-state index contributed by atoms with van der Waals surface area (Å²) in [6, 6.07) is 4.85. The third-order valence-corrected chi connectivity index (χ3v) is 4.89. The summed E-state index contributed by atoms with van der Waals surface area (Å²) in [7, 11) is 1.52. The van der Waals surface area contributed by atoms with E-state index in [4.69, 9.17) is 4.74 Å². The van der Waals surface area contributed by atoms with Crippen LogP contribution in [-0.4, -0.2) is 38.4 Å². The SMILES string of the molecule is CC(=O)N(C)c1cc(C(F)F)cnc1Cc1nc(-c2ccc(OC(C)C)cn2)ns1. The zero-order valence-corrected chi connectivity index (χ0v) is 17.8. The van der Waals surface area contributed by atoms with Crippen LogP contribution in [0.1, 0.15) is 43.5 Å². The van der Waals surface area contributed by atoms with Crippen LogP contribution in [0.4, 0.5) is 14.5 Å². The van der Waals surface area contributed by atoms with Crippen molar-refractivity contribution in [3.05, 3.63) is 46.9 Å². The van der Waals surface area contributed by atoms with E-state index in [9.17, 15) is 13.6 Å². The number of aromatic nitrogens is 4. The van der Waals surface area contributed by atoms with Crippen LogP contribution in [0.5, 0.6) is 5.75 Å². The van der Waals surface area contributed by atoms with Crippen LogP contribution in [0.2, 0.25) is 0 Å². The van der Waals surface area contributed by atoms with Gasteiger partial charge in [0.15, 0.2) is 5.82 Å². The van der Waals surface area contributed by atoms with Crippen LogP contribution in [0.15, 0.2) is 30.6 Å². The molecular formula is C20H21F2N5O2S. The second kappa shape index (κ2) is 9.21. The van der Waals surface area contributed by atoms with Gasteiger partial charge in [0, 0.05) is 32.2 Å². The highest BCUT2D eigenvalue weighted by Gasteiger charge is 2.19. The Morgan fingerprint density at radius 3 is 2.60 bits per heavy atom. The Kier molecular flexibility index (Phi) is 6.66. The fourth-order valence-electron chi connectivity index (χ4n) is 2.64. The third kappa shape index (κ3) is 5.12. The van der Waals surface area contributed by atoms with Gasteiger partial charge in [0.2, 0.25) is 5.91 Å². The van der Waals surface area contributed by atoms with Gasteiger partial charge in [-0.1, -0.05) is 0 Å². The molecule has 0 aliphatic heterocycles. The maximum Gasteiger partial charge on any atom is 0.265 e. The van der Waals surface area contributed by atoms with Gasteiger partial charge in [-0.15, -0.1) is 0 Å². The first-order valence-electron chi connectivity index (χ1n) is 9.21. The van der Waals surface area contributed by atoms with Gasteiger partial charge < -0.3 is 9.64 Å². The van der Waals surface area contributed by atoms with Gasteiger partial charge in [-0.2, -0.15) is 4.37 Å². The highest BCUT2D eigenvalue weighted by Crippen LogP contribution is 2.28. The lowest BCUT2D eigenvalue weighted by molar-refractivity contribution is -0.116. The molecule has 3 aromatic rings. The van der Waals surface area contributed by atoms with Crippen LogP contribution in [0.25, 0.3) is 11.5 Å². The number of hydrogen-bond donors (Lipinski definition) is 0. The van der Waals surface area contributed by atoms with E-state index in [-0.39, 0.29) is 24.0 Å². The molecule has 3 aromatic heterocycles. The predicted octanol–water partition coefficient (Wildman–Crippen LogP) is 4.29. The molecule has 7 nitrogen and oxygen atoms in total. The minimum Gasteiger partial charge on any atom is -0.489 e. The molecule has 0 saturated heterocycles. The lowest BCUT2D eigenvalue weighted by Crippen LogP contribution is -2.24. The van der Waals surface area contributed by atoms with Crippen molar-refractivity contribution in [2.24, 2.45) is 0 Å². The molecule has 0 radical (unpaired) electrons. The van der Waals surface area contributed by atoms with E-state index >= 15 is 0 Å². The highest BCUT2D eigenvalue weighted by molar-refractivity contribution is 7.05. The van der Waals surface area contributed by atoms with Gasteiger partial charge >= 0.3 is 0 Å². The molecule has 3 rings (SSSR count). The first-order chi connectivity index (χ1) is 14.2. The second-order valence-corrected chi connectivity index (χ2v) is 7.68. The van der Waals surface area contributed by atoms with Gasteiger partial charge in [0.05, 0.1) is 23.7 Å². The van der Waals surface area contributed by atoms with Gasteiger partial charge in [0.1, 0.15) is 16.5 Å². The Morgan fingerprint density at radius 1 is 1.23 bits per heavy atom. The Hall–Kier alpha value is -3.01. The smallest absolute Gasteiger partial charge is 0.265 e. The maximum absolute atomic E-state index is 13.1. The minimum atomic E-state index is -2.67. The fraction of sp³-hybridized carbons (Fsp3) is 0.350.